The van der Waals surface area contributed by atoms with Gasteiger partial charge in [0.1, 0.15) is 48.5 Å². The Labute approximate surface area is 531 Å². The van der Waals surface area contributed by atoms with Crippen molar-refractivity contribution >= 4 is 47.5 Å². The third-order valence-corrected chi connectivity index (χ3v) is 17.8. The molecule has 4 amide bonds. The molecule has 0 spiro atoms. The minimum Gasteiger partial charge on any atom is -0.451 e. The number of nitrogens with zero attached hydrogens (tertiary/aromatic N) is 10. The summed E-state index contributed by atoms with van der Waals surface area (Å²) in [4.78, 5) is 132. The molecular formula is C68H98N10O12. The van der Waals surface area contributed by atoms with Gasteiger partial charge in [-0.2, -0.15) is 10.2 Å². The molecule has 8 atom stereocenters. The number of esters is 4. The lowest BCUT2D eigenvalue weighted by Gasteiger charge is -2.35. The maximum Gasteiger partial charge on any atom is 0.329 e. The Kier molecular flexibility index (Phi) is 24.8. The highest BCUT2D eigenvalue weighted by molar-refractivity contribution is 5.94. The van der Waals surface area contributed by atoms with E-state index in [1.54, 1.807) is 12.7 Å². The van der Waals surface area contributed by atoms with Gasteiger partial charge in [0.25, 0.3) is 23.6 Å². The molecule has 0 radical (unpaired) electrons. The second kappa shape index (κ2) is 32.0. The van der Waals surface area contributed by atoms with Gasteiger partial charge in [-0.05, 0) is 111 Å². The van der Waals surface area contributed by atoms with Crippen molar-refractivity contribution in [1.29, 1.82) is 0 Å². The molecule has 0 bridgehead atoms. The zero-order valence-electron chi connectivity index (χ0n) is 55.5. The van der Waals surface area contributed by atoms with Gasteiger partial charge in [-0.3, -0.25) is 19.2 Å². The lowest BCUT2D eigenvalue weighted by molar-refractivity contribution is -0.176. The van der Waals surface area contributed by atoms with E-state index in [2.05, 4.69) is 20.2 Å². The van der Waals surface area contributed by atoms with Crippen LogP contribution < -0.4 is 0 Å². The smallest absolute Gasteiger partial charge is 0.329 e. The molecule has 22 nitrogen and oxygen atoms in total. The van der Waals surface area contributed by atoms with Gasteiger partial charge in [-0.25, -0.2) is 38.5 Å². The molecule has 4 aromatic rings. The number of carbonyl (C=O) groups is 8. The Morgan fingerprint density at radius 3 is 0.956 bits per heavy atom. The van der Waals surface area contributed by atoms with Crippen molar-refractivity contribution in [2.45, 2.75) is 233 Å². The molecule has 3 heterocycles. The van der Waals surface area contributed by atoms with Crippen molar-refractivity contribution < 1.29 is 57.3 Å². The summed E-state index contributed by atoms with van der Waals surface area (Å²) in [7, 11) is 5.62. The lowest BCUT2D eigenvalue weighted by atomic mass is 9.99. The summed E-state index contributed by atoms with van der Waals surface area (Å²) in [6, 6.07) is 9.82. The molecule has 3 aliphatic rings. The Morgan fingerprint density at radius 1 is 0.400 bits per heavy atom. The number of benzene rings is 2. The van der Waals surface area contributed by atoms with E-state index in [-0.39, 0.29) is 62.2 Å². The molecule has 2 aliphatic carbocycles. The second-order valence-electron chi connectivity index (χ2n) is 26.9. The number of carbonyl (C=O) groups excluding carboxylic acids is 8. The van der Waals surface area contributed by atoms with E-state index in [1.165, 1.54) is 51.8 Å². The van der Waals surface area contributed by atoms with E-state index < -0.39 is 96.1 Å². The van der Waals surface area contributed by atoms with Crippen LogP contribution >= 0.6 is 0 Å². The van der Waals surface area contributed by atoms with E-state index >= 15 is 9.59 Å². The van der Waals surface area contributed by atoms with Crippen LogP contribution in [0.1, 0.15) is 192 Å². The van der Waals surface area contributed by atoms with Crippen LogP contribution in [0.3, 0.4) is 0 Å². The maximum absolute atomic E-state index is 15.2. The molecule has 2 aromatic carbocycles. The van der Waals surface area contributed by atoms with Crippen molar-refractivity contribution in [2.24, 2.45) is 23.7 Å². The number of hydrogen-bond acceptors (Lipinski definition) is 16. The van der Waals surface area contributed by atoms with Crippen molar-refractivity contribution in [2.75, 3.05) is 28.2 Å². The first-order valence-corrected chi connectivity index (χ1v) is 32.5. The van der Waals surface area contributed by atoms with E-state index in [4.69, 9.17) is 18.9 Å². The van der Waals surface area contributed by atoms with E-state index in [0.717, 1.165) is 83.9 Å². The molecule has 1 aliphatic heterocycles. The van der Waals surface area contributed by atoms with Gasteiger partial charge in [0.2, 0.25) is 0 Å². The average Bonchev–Trinajstić information content (AvgIpc) is 2.75. The number of amides is 4. The van der Waals surface area contributed by atoms with Crippen LogP contribution in [-0.4, -0.2) is 173 Å². The zero-order valence-corrected chi connectivity index (χ0v) is 55.5. The van der Waals surface area contributed by atoms with Gasteiger partial charge in [-0.1, -0.05) is 130 Å². The lowest BCUT2D eigenvalue weighted by Crippen LogP contribution is -2.55. The molecule has 492 valence electrons. The highest BCUT2D eigenvalue weighted by atomic mass is 16.6. The van der Waals surface area contributed by atoms with Gasteiger partial charge in [0.15, 0.2) is 24.4 Å². The van der Waals surface area contributed by atoms with E-state index in [9.17, 15) is 28.8 Å². The molecule has 3 fully saturated rings. The van der Waals surface area contributed by atoms with Crippen molar-refractivity contribution in [3.8, 4) is 0 Å². The van der Waals surface area contributed by atoms with Crippen LogP contribution in [0.5, 0.6) is 0 Å². The topological polar surface area (TPSA) is 248 Å². The summed E-state index contributed by atoms with van der Waals surface area (Å²) in [6.45, 7) is 18.6. The monoisotopic (exact) mass is 1250 g/mol. The Hall–Kier alpha value is -7.52. The fourth-order valence-corrected chi connectivity index (χ4v) is 12.6. The summed E-state index contributed by atoms with van der Waals surface area (Å²) >= 11 is 0. The summed E-state index contributed by atoms with van der Waals surface area (Å²) in [5.74, 6) is -4.84. The number of aromatic nitrogens is 6. The fourth-order valence-electron chi connectivity index (χ4n) is 12.6. The van der Waals surface area contributed by atoms with Gasteiger partial charge in [-0.15, -0.1) is 0 Å². The molecule has 90 heavy (non-hydrogen) atoms. The second-order valence-corrected chi connectivity index (χ2v) is 26.9. The van der Waals surface area contributed by atoms with Crippen molar-refractivity contribution in [1.82, 2.24) is 49.1 Å². The predicted molar refractivity (Wildman–Crippen MR) is 336 cm³/mol. The molecular weight excluding hydrogens is 1150 g/mol. The van der Waals surface area contributed by atoms with Gasteiger partial charge in [0, 0.05) is 52.9 Å². The first kappa shape index (κ1) is 69.9. The molecule has 2 saturated carbocycles. The Balaban J connectivity index is 1.23. The quantitative estimate of drug-likeness (QED) is 0.0672. The minimum atomic E-state index is -1.54. The first-order valence-electron chi connectivity index (χ1n) is 32.5. The maximum atomic E-state index is 15.2. The molecule has 7 rings (SSSR count). The summed E-state index contributed by atoms with van der Waals surface area (Å²) in [5, 5.41) is 9.04. The molecule has 0 unspecified atom stereocenters. The molecule has 2 aromatic heterocycles. The number of cyclic esters (lactones) is 4. The van der Waals surface area contributed by atoms with E-state index in [1.807, 2.05) is 113 Å². The molecule has 1 saturated heterocycles. The van der Waals surface area contributed by atoms with Crippen LogP contribution in [0, 0.1) is 23.7 Å². The molecule has 22 heteroatoms. The third-order valence-electron chi connectivity index (χ3n) is 17.8. The number of ether oxygens (including phenoxy) is 4. The van der Waals surface area contributed by atoms with Crippen LogP contribution in [0.15, 0.2) is 61.2 Å². The van der Waals surface area contributed by atoms with Gasteiger partial charge in [0.05, 0.1) is 13.1 Å². The highest BCUT2D eigenvalue weighted by Crippen LogP contribution is 2.34. The van der Waals surface area contributed by atoms with Gasteiger partial charge < -0.3 is 38.5 Å². The predicted octanol–water partition coefficient (Wildman–Crippen LogP) is 8.26. The Morgan fingerprint density at radius 2 is 0.667 bits per heavy atom. The van der Waals surface area contributed by atoms with Crippen molar-refractivity contribution in [3.63, 3.8) is 0 Å². The van der Waals surface area contributed by atoms with Crippen LogP contribution in [-0.2, 0) is 83.2 Å². The van der Waals surface area contributed by atoms with Crippen molar-refractivity contribution in [3.05, 3.63) is 95.1 Å². The third kappa shape index (κ3) is 18.3. The van der Waals surface area contributed by atoms with Gasteiger partial charge >= 0.3 is 23.9 Å². The SMILES string of the molecule is CC(C)C[C@H]1C(=O)O[C@H](Cc2ccc(Cn3ncnc3C3CCCC3)cc2)C(=O)N(C)[C@@H](CC(C)C)C(=O)O[C@H](C)C(=O)N(C)[C@@H](CC(C)C)C(=O)O[C@H](Cc2ccc(Cn3ncnc3C3CCCC3)cc2)C(=O)N(C)[C@@H](CC(C)C)C(=O)O[C@H](C)C(=O)N1C. The normalized spacial score (nSPS) is 24.2. The zero-order chi connectivity index (χ0) is 65.7. The van der Waals surface area contributed by atoms with Crippen LogP contribution in [0.4, 0.5) is 0 Å². The summed E-state index contributed by atoms with van der Waals surface area (Å²) < 4.78 is 28.3. The molecule has 0 N–H and O–H groups in total. The number of rotatable bonds is 18. The Bertz CT molecular complexity index is 2850. The summed E-state index contributed by atoms with van der Waals surface area (Å²) in [5.41, 5.74) is 3.10. The number of likely N-dealkylation sites (N-methyl/N-ethyl adjacent to an activating group) is 4. The largest absolute Gasteiger partial charge is 0.451 e. The first-order chi connectivity index (χ1) is 42.7. The van der Waals surface area contributed by atoms with Crippen LogP contribution in [0.2, 0.25) is 0 Å². The number of hydrogen-bond donors (Lipinski definition) is 0. The average molecular weight is 1250 g/mol. The van der Waals surface area contributed by atoms with Crippen LogP contribution in [0.25, 0.3) is 0 Å². The minimum absolute atomic E-state index is 0.0816. The fraction of sp³-hybridized carbons (Fsp3) is 0.647. The highest BCUT2D eigenvalue weighted by Gasteiger charge is 2.43. The summed E-state index contributed by atoms with van der Waals surface area (Å²) in [6.07, 6.45) is 5.96. The standard InChI is InChI=1S/C68H98N10O12/c1-41(2)31-53-65(83)87-45(9)61(79)73(11)56(34-44(7)8)68(86)90-58(36-48-25-29-50(30-26-48)38-78-60(70-40-72-78)52-21-17-18-22-52)64(82)76(14)54(32-42(3)4)66(84)88-46(10)62(80)74(12)55(33-43(5)6)67(85)89-57(63(81)75(53)13)35-47-23-27-49(28-24-47)37-77-59(69-39-71-77)51-19-15-16-20-51/h23-30,39-46,51-58H,15-22,31-38H2,1-14H3/t45-,46-,53+,54+,55+,56+,57-,58-/m1/s1. The van der Waals surface area contributed by atoms with E-state index in [0.29, 0.717) is 36.1 Å².